The van der Waals surface area contributed by atoms with E-state index < -0.39 is 0 Å². The molecule has 0 spiro atoms. The molecule has 4 heteroatoms. The molecule has 0 bridgehead atoms. The van der Waals surface area contributed by atoms with Crippen LogP contribution in [0.15, 0.2) is 30.5 Å². The zero-order chi connectivity index (χ0) is 12.4. The topological polar surface area (TPSA) is 39.1 Å². The fraction of sp³-hybridized carbons (Fsp3) is 0.357. The Morgan fingerprint density at radius 3 is 2.94 bits per heavy atom. The number of hydrogen-bond donors (Lipinski definition) is 1. The molecule has 1 aliphatic rings. The van der Waals surface area contributed by atoms with E-state index in [1.807, 2.05) is 25.3 Å². The second kappa shape index (κ2) is 4.82. The number of nitrogens with zero attached hydrogens (tertiary/aromatic N) is 2. The lowest BCUT2D eigenvalue weighted by molar-refractivity contribution is 0.340. The third-order valence-electron chi connectivity index (χ3n) is 3.18. The van der Waals surface area contributed by atoms with Crippen molar-refractivity contribution in [1.29, 1.82) is 0 Å². The molecule has 1 aromatic carbocycles. The largest absolute Gasteiger partial charge is 0.494 e. The average molecular weight is 243 g/mol. The van der Waals surface area contributed by atoms with Crippen LogP contribution in [0.25, 0.3) is 11.4 Å². The molecular formula is C14H17N3O. The number of imidazole rings is 1. The smallest absolute Gasteiger partial charge is 0.140 e. The molecule has 0 fully saturated rings. The zero-order valence-electron chi connectivity index (χ0n) is 10.5. The first kappa shape index (κ1) is 11.3. The van der Waals surface area contributed by atoms with E-state index in [0.717, 1.165) is 36.8 Å². The summed E-state index contributed by atoms with van der Waals surface area (Å²) in [5, 5.41) is 3.35. The van der Waals surface area contributed by atoms with Gasteiger partial charge in [-0.1, -0.05) is 0 Å². The molecule has 4 nitrogen and oxygen atoms in total. The van der Waals surface area contributed by atoms with Crippen LogP contribution in [0.5, 0.6) is 5.75 Å². The summed E-state index contributed by atoms with van der Waals surface area (Å²) < 4.78 is 7.74. The van der Waals surface area contributed by atoms with Gasteiger partial charge < -0.3 is 14.6 Å². The standard InChI is InChI=1S/C14H17N3O/c1-2-18-13-5-3-11(4-6-13)14-16-10-12-9-15-7-8-17(12)14/h3-6,10,15H,2,7-9H2,1H3. The predicted molar refractivity (Wildman–Crippen MR) is 70.5 cm³/mol. The molecule has 0 unspecified atom stereocenters. The Hall–Kier alpha value is -1.81. The van der Waals surface area contributed by atoms with Gasteiger partial charge in [-0.3, -0.25) is 0 Å². The molecule has 2 aromatic rings. The van der Waals surface area contributed by atoms with Crippen LogP contribution in [0.1, 0.15) is 12.6 Å². The normalized spacial score (nSPS) is 14.3. The summed E-state index contributed by atoms with van der Waals surface area (Å²) in [5.74, 6) is 1.96. The number of hydrogen-bond acceptors (Lipinski definition) is 3. The third kappa shape index (κ3) is 1.99. The van der Waals surface area contributed by atoms with Crippen molar-refractivity contribution in [2.24, 2.45) is 0 Å². The van der Waals surface area contributed by atoms with Crippen LogP contribution in [0.2, 0.25) is 0 Å². The van der Waals surface area contributed by atoms with Gasteiger partial charge in [0, 0.05) is 25.2 Å². The highest BCUT2D eigenvalue weighted by Crippen LogP contribution is 2.23. The van der Waals surface area contributed by atoms with Gasteiger partial charge in [-0.2, -0.15) is 0 Å². The number of ether oxygens (including phenoxy) is 1. The Bertz CT molecular complexity index is 530. The summed E-state index contributed by atoms with van der Waals surface area (Å²) >= 11 is 0. The Labute approximate surface area is 107 Å². The molecule has 0 radical (unpaired) electrons. The minimum Gasteiger partial charge on any atom is -0.494 e. The summed E-state index contributed by atoms with van der Waals surface area (Å²) in [5.41, 5.74) is 2.40. The van der Waals surface area contributed by atoms with Crippen LogP contribution in [-0.2, 0) is 13.1 Å². The first-order valence-electron chi connectivity index (χ1n) is 6.37. The van der Waals surface area contributed by atoms with E-state index in [-0.39, 0.29) is 0 Å². The lowest BCUT2D eigenvalue weighted by Gasteiger charge is -2.17. The minimum atomic E-state index is 0.698. The average Bonchev–Trinajstić information content (AvgIpc) is 2.84. The molecule has 18 heavy (non-hydrogen) atoms. The number of benzene rings is 1. The molecule has 94 valence electrons. The fourth-order valence-electron chi connectivity index (χ4n) is 2.31. The van der Waals surface area contributed by atoms with Crippen molar-refractivity contribution in [3.8, 4) is 17.1 Å². The van der Waals surface area contributed by atoms with Crippen molar-refractivity contribution in [3.05, 3.63) is 36.2 Å². The second-order valence-electron chi connectivity index (χ2n) is 4.36. The number of rotatable bonds is 3. The monoisotopic (exact) mass is 243 g/mol. The maximum atomic E-state index is 5.45. The summed E-state index contributed by atoms with van der Waals surface area (Å²) in [4.78, 5) is 4.53. The van der Waals surface area contributed by atoms with Gasteiger partial charge in [0.1, 0.15) is 11.6 Å². The van der Waals surface area contributed by atoms with Crippen molar-refractivity contribution in [3.63, 3.8) is 0 Å². The second-order valence-corrected chi connectivity index (χ2v) is 4.36. The minimum absolute atomic E-state index is 0.698. The Morgan fingerprint density at radius 2 is 2.17 bits per heavy atom. The lowest BCUT2D eigenvalue weighted by atomic mass is 10.2. The van der Waals surface area contributed by atoms with E-state index in [1.165, 1.54) is 5.69 Å². The van der Waals surface area contributed by atoms with Gasteiger partial charge in [-0.05, 0) is 31.2 Å². The number of nitrogens with one attached hydrogen (secondary N) is 1. The Balaban J connectivity index is 1.92. The van der Waals surface area contributed by atoms with Crippen LogP contribution >= 0.6 is 0 Å². The van der Waals surface area contributed by atoms with Crippen molar-refractivity contribution >= 4 is 0 Å². The lowest BCUT2D eigenvalue weighted by Crippen LogP contribution is -2.27. The van der Waals surface area contributed by atoms with E-state index in [1.54, 1.807) is 0 Å². The maximum absolute atomic E-state index is 5.45. The Morgan fingerprint density at radius 1 is 1.33 bits per heavy atom. The van der Waals surface area contributed by atoms with E-state index in [0.29, 0.717) is 6.61 Å². The molecule has 0 atom stereocenters. The molecule has 0 saturated carbocycles. The quantitative estimate of drug-likeness (QED) is 0.896. The third-order valence-corrected chi connectivity index (χ3v) is 3.18. The summed E-state index contributed by atoms with van der Waals surface area (Å²) in [6, 6.07) is 8.15. The first-order chi connectivity index (χ1) is 8.88. The molecule has 1 N–H and O–H groups in total. The maximum Gasteiger partial charge on any atom is 0.140 e. The van der Waals surface area contributed by atoms with E-state index in [2.05, 4.69) is 27.0 Å². The van der Waals surface area contributed by atoms with Gasteiger partial charge >= 0.3 is 0 Å². The summed E-state index contributed by atoms with van der Waals surface area (Å²) in [6.07, 6.45) is 1.96. The van der Waals surface area contributed by atoms with Gasteiger partial charge in [0.25, 0.3) is 0 Å². The van der Waals surface area contributed by atoms with E-state index >= 15 is 0 Å². The highest BCUT2D eigenvalue weighted by Gasteiger charge is 2.14. The molecule has 3 rings (SSSR count). The molecular weight excluding hydrogens is 226 g/mol. The van der Waals surface area contributed by atoms with Crippen LogP contribution in [0.3, 0.4) is 0 Å². The predicted octanol–water partition coefficient (Wildman–Crippen LogP) is 2.05. The van der Waals surface area contributed by atoms with Crippen molar-refractivity contribution in [2.75, 3.05) is 13.2 Å². The first-order valence-corrected chi connectivity index (χ1v) is 6.37. The Kier molecular flexibility index (Phi) is 3.02. The van der Waals surface area contributed by atoms with Crippen molar-refractivity contribution in [2.45, 2.75) is 20.0 Å². The van der Waals surface area contributed by atoms with Crippen molar-refractivity contribution < 1.29 is 4.74 Å². The number of fused-ring (bicyclic) bond motifs is 1. The highest BCUT2D eigenvalue weighted by molar-refractivity contribution is 5.57. The molecule has 0 saturated heterocycles. The molecule has 1 aliphatic heterocycles. The summed E-state index contributed by atoms with van der Waals surface area (Å²) in [7, 11) is 0. The molecule has 2 heterocycles. The van der Waals surface area contributed by atoms with E-state index in [4.69, 9.17) is 4.74 Å². The van der Waals surface area contributed by atoms with Crippen LogP contribution < -0.4 is 10.1 Å². The molecule has 1 aromatic heterocycles. The van der Waals surface area contributed by atoms with Crippen LogP contribution in [-0.4, -0.2) is 22.7 Å². The van der Waals surface area contributed by atoms with Gasteiger partial charge in [0.15, 0.2) is 0 Å². The van der Waals surface area contributed by atoms with Crippen LogP contribution in [0, 0.1) is 0 Å². The SMILES string of the molecule is CCOc1ccc(-c2ncc3n2CCNC3)cc1. The van der Waals surface area contributed by atoms with Gasteiger partial charge in [0.2, 0.25) is 0 Å². The van der Waals surface area contributed by atoms with Gasteiger partial charge in [-0.25, -0.2) is 4.98 Å². The van der Waals surface area contributed by atoms with Crippen LogP contribution in [0.4, 0.5) is 0 Å². The highest BCUT2D eigenvalue weighted by atomic mass is 16.5. The molecule has 0 amide bonds. The zero-order valence-corrected chi connectivity index (χ0v) is 10.5. The summed E-state index contributed by atoms with van der Waals surface area (Å²) in [6.45, 7) is 5.59. The molecule has 0 aliphatic carbocycles. The van der Waals surface area contributed by atoms with Gasteiger partial charge in [0.05, 0.1) is 18.5 Å². The van der Waals surface area contributed by atoms with Crippen molar-refractivity contribution in [1.82, 2.24) is 14.9 Å². The fourth-order valence-corrected chi connectivity index (χ4v) is 2.31. The van der Waals surface area contributed by atoms with Gasteiger partial charge in [-0.15, -0.1) is 0 Å². The number of aromatic nitrogens is 2. The van der Waals surface area contributed by atoms with E-state index in [9.17, 15) is 0 Å².